The van der Waals surface area contributed by atoms with Crippen LogP contribution >= 0.6 is 0 Å². The number of aliphatic hydroxyl groups excluding tert-OH is 1. The average Bonchev–Trinajstić information content (AvgIpc) is 2.35. The van der Waals surface area contributed by atoms with Crippen molar-refractivity contribution < 1.29 is 9.84 Å². The van der Waals surface area contributed by atoms with Crippen LogP contribution in [0.2, 0.25) is 0 Å². The van der Waals surface area contributed by atoms with Gasteiger partial charge in [0.05, 0.1) is 13.2 Å². The van der Waals surface area contributed by atoms with Crippen molar-refractivity contribution in [2.45, 2.75) is 19.4 Å². The minimum absolute atomic E-state index is 0.237. The van der Waals surface area contributed by atoms with Gasteiger partial charge in [0, 0.05) is 13.2 Å². The Labute approximate surface area is 104 Å². The van der Waals surface area contributed by atoms with Crippen molar-refractivity contribution in [3.8, 4) is 0 Å². The lowest BCUT2D eigenvalue weighted by atomic mass is 10.2. The highest BCUT2D eigenvalue weighted by Gasteiger charge is 1.97. The minimum atomic E-state index is 0.237. The van der Waals surface area contributed by atoms with Crippen molar-refractivity contribution >= 4 is 0 Å². The predicted octanol–water partition coefficient (Wildman–Crippen LogP) is 1.91. The van der Waals surface area contributed by atoms with Crippen LogP contribution in [0, 0.1) is 0 Å². The highest BCUT2D eigenvalue weighted by atomic mass is 16.5. The first-order valence-electron chi connectivity index (χ1n) is 6.24. The van der Waals surface area contributed by atoms with E-state index in [0.717, 1.165) is 32.5 Å². The summed E-state index contributed by atoms with van der Waals surface area (Å²) < 4.78 is 5.59. The second kappa shape index (κ2) is 9.16. The predicted molar refractivity (Wildman–Crippen MR) is 69.9 cm³/mol. The van der Waals surface area contributed by atoms with Gasteiger partial charge in [-0.05, 0) is 32.0 Å². The van der Waals surface area contributed by atoms with Crippen molar-refractivity contribution in [2.24, 2.45) is 0 Å². The molecule has 0 fully saturated rings. The molecule has 96 valence electrons. The van der Waals surface area contributed by atoms with Gasteiger partial charge in [0.1, 0.15) is 0 Å². The van der Waals surface area contributed by atoms with E-state index in [1.54, 1.807) is 0 Å². The largest absolute Gasteiger partial charge is 0.395 e. The van der Waals surface area contributed by atoms with Crippen molar-refractivity contribution in [2.75, 3.05) is 33.4 Å². The molecule has 17 heavy (non-hydrogen) atoms. The maximum atomic E-state index is 8.74. The third-order valence-electron chi connectivity index (χ3n) is 2.67. The second-order valence-corrected chi connectivity index (χ2v) is 4.27. The van der Waals surface area contributed by atoms with Crippen LogP contribution in [0.5, 0.6) is 0 Å². The van der Waals surface area contributed by atoms with Gasteiger partial charge >= 0.3 is 0 Å². The third-order valence-corrected chi connectivity index (χ3v) is 2.67. The number of aliphatic hydroxyl groups is 1. The molecule has 0 saturated heterocycles. The number of benzene rings is 1. The fourth-order valence-electron chi connectivity index (χ4n) is 1.63. The van der Waals surface area contributed by atoms with Crippen LogP contribution < -0.4 is 0 Å². The number of hydrogen-bond acceptors (Lipinski definition) is 3. The van der Waals surface area contributed by atoms with E-state index in [-0.39, 0.29) is 6.61 Å². The summed E-state index contributed by atoms with van der Waals surface area (Å²) in [5.74, 6) is 0. The SMILES string of the molecule is CN(CCO)CCCCOCc1ccccc1. The number of likely N-dealkylation sites (N-methyl/N-ethyl adjacent to an activating group) is 1. The molecule has 0 unspecified atom stereocenters. The molecular weight excluding hydrogens is 214 g/mol. The Balaban J connectivity index is 1.95. The summed E-state index contributed by atoms with van der Waals surface area (Å²) in [4.78, 5) is 2.14. The Hall–Kier alpha value is -0.900. The molecule has 3 heteroatoms. The molecule has 0 atom stereocenters. The Morgan fingerprint density at radius 3 is 2.59 bits per heavy atom. The average molecular weight is 237 g/mol. The van der Waals surface area contributed by atoms with Gasteiger partial charge in [-0.25, -0.2) is 0 Å². The molecule has 1 aromatic carbocycles. The van der Waals surface area contributed by atoms with Crippen LogP contribution in [0.25, 0.3) is 0 Å². The standard InChI is InChI=1S/C14H23NO2/c1-15(10-11-16)9-5-6-12-17-13-14-7-3-2-4-8-14/h2-4,7-8,16H,5-6,9-13H2,1H3. The Kier molecular flexibility index (Phi) is 7.63. The second-order valence-electron chi connectivity index (χ2n) is 4.27. The highest BCUT2D eigenvalue weighted by Crippen LogP contribution is 2.01. The number of rotatable bonds is 9. The van der Waals surface area contributed by atoms with Crippen molar-refractivity contribution in [1.29, 1.82) is 0 Å². The van der Waals surface area contributed by atoms with Gasteiger partial charge in [-0.1, -0.05) is 30.3 Å². The van der Waals surface area contributed by atoms with E-state index in [0.29, 0.717) is 6.61 Å². The monoisotopic (exact) mass is 237 g/mol. The lowest BCUT2D eigenvalue weighted by molar-refractivity contribution is 0.114. The van der Waals surface area contributed by atoms with E-state index in [4.69, 9.17) is 9.84 Å². The number of ether oxygens (including phenoxy) is 1. The first kappa shape index (κ1) is 14.2. The quantitative estimate of drug-likeness (QED) is 0.666. The molecule has 0 aliphatic rings. The molecule has 1 N–H and O–H groups in total. The van der Waals surface area contributed by atoms with Gasteiger partial charge in [-0.3, -0.25) is 0 Å². The normalized spacial score (nSPS) is 11.0. The molecule has 0 aliphatic carbocycles. The molecule has 0 radical (unpaired) electrons. The summed E-state index contributed by atoms with van der Waals surface area (Å²) >= 11 is 0. The number of hydrogen-bond donors (Lipinski definition) is 1. The summed E-state index contributed by atoms with van der Waals surface area (Å²) in [6.07, 6.45) is 2.19. The maximum Gasteiger partial charge on any atom is 0.0716 e. The summed E-state index contributed by atoms with van der Waals surface area (Å²) in [5, 5.41) is 8.74. The molecule has 0 aromatic heterocycles. The number of nitrogens with zero attached hydrogens (tertiary/aromatic N) is 1. The lowest BCUT2D eigenvalue weighted by Gasteiger charge is -2.14. The molecule has 0 bridgehead atoms. The zero-order chi connectivity index (χ0) is 12.3. The smallest absolute Gasteiger partial charge is 0.0716 e. The molecule has 0 spiro atoms. The molecule has 1 rings (SSSR count). The van der Waals surface area contributed by atoms with E-state index >= 15 is 0 Å². The molecule has 1 aromatic rings. The lowest BCUT2D eigenvalue weighted by Crippen LogP contribution is -2.23. The number of unbranched alkanes of at least 4 members (excludes halogenated alkanes) is 1. The summed E-state index contributed by atoms with van der Waals surface area (Å²) in [6.45, 7) is 3.52. The first-order chi connectivity index (χ1) is 8.33. The van der Waals surface area contributed by atoms with Crippen molar-refractivity contribution in [3.05, 3.63) is 35.9 Å². The topological polar surface area (TPSA) is 32.7 Å². The molecule has 0 saturated carbocycles. The van der Waals surface area contributed by atoms with Crippen LogP contribution in [-0.2, 0) is 11.3 Å². The van der Waals surface area contributed by atoms with E-state index in [9.17, 15) is 0 Å². The van der Waals surface area contributed by atoms with Crippen LogP contribution in [0.15, 0.2) is 30.3 Å². The van der Waals surface area contributed by atoms with Gasteiger partial charge in [-0.2, -0.15) is 0 Å². The van der Waals surface area contributed by atoms with E-state index in [2.05, 4.69) is 17.0 Å². The van der Waals surface area contributed by atoms with Crippen LogP contribution in [0.4, 0.5) is 0 Å². The van der Waals surface area contributed by atoms with Gasteiger partial charge in [0.15, 0.2) is 0 Å². The zero-order valence-electron chi connectivity index (χ0n) is 10.6. The summed E-state index contributed by atoms with van der Waals surface area (Å²) in [6, 6.07) is 10.2. The molecular formula is C14H23NO2. The summed E-state index contributed by atoms with van der Waals surface area (Å²) in [7, 11) is 2.03. The Bertz CT molecular complexity index is 277. The maximum absolute atomic E-state index is 8.74. The zero-order valence-corrected chi connectivity index (χ0v) is 10.6. The van der Waals surface area contributed by atoms with E-state index < -0.39 is 0 Å². The highest BCUT2D eigenvalue weighted by molar-refractivity contribution is 5.13. The Morgan fingerprint density at radius 2 is 1.88 bits per heavy atom. The molecule has 0 aliphatic heterocycles. The van der Waals surface area contributed by atoms with Crippen LogP contribution in [-0.4, -0.2) is 43.4 Å². The van der Waals surface area contributed by atoms with Gasteiger partial charge in [0.2, 0.25) is 0 Å². The molecule has 0 amide bonds. The third kappa shape index (κ3) is 7.10. The van der Waals surface area contributed by atoms with Crippen LogP contribution in [0.1, 0.15) is 18.4 Å². The van der Waals surface area contributed by atoms with E-state index in [1.807, 2.05) is 25.2 Å². The fourth-order valence-corrected chi connectivity index (χ4v) is 1.63. The fraction of sp³-hybridized carbons (Fsp3) is 0.571. The molecule has 3 nitrogen and oxygen atoms in total. The van der Waals surface area contributed by atoms with Gasteiger partial charge < -0.3 is 14.7 Å². The minimum Gasteiger partial charge on any atom is -0.395 e. The summed E-state index contributed by atoms with van der Waals surface area (Å²) in [5.41, 5.74) is 1.23. The Morgan fingerprint density at radius 1 is 1.12 bits per heavy atom. The van der Waals surface area contributed by atoms with Gasteiger partial charge in [0.25, 0.3) is 0 Å². The molecule has 0 heterocycles. The van der Waals surface area contributed by atoms with E-state index in [1.165, 1.54) is 5.56 Å². The first-order valence-corrected chi connectivity index (χ1v) is 6.24. The van der Waals surface area contributed by atoms with Crippen molar-refractivity contribution in [3.63, 3.8) is 0 Å². The van der Waals surface area contributed by atoms with Crippen molar-refractivity contribution in [1.82, 2.24) is 4.90 Å². The van der Waals surface area contributed by atoms with Gasteiger partial charge in [-0.15, -0.1) is 0 Å². The van der Waals surface area contributed by atoms with Crippen LogP contribution in [0.3, 0.4) is 0 Å².